The second-order valence-electron chi connectivity index (χ2n) is 5.37. The highest BCUT2D eigenvalue weighted by Gasteiger charge is 2.38. The Labute approximate surface area is 131 Å². The first-order chi connectivity index (χ1) is 10.9. The maximum atomic E-state index is 12.8. The van der Waals surface area contributed by atoms with Crippen LogP contribution in [0.1, 0.15) is 27.9 Å². The predicted octanol–water partition coefficient (Wildman–Crippen LogP) is 3.27. The normalized spacial score (nSPS) is 18.8. The molecule has 0 aromatic heterocycles. The van der Waals surface area contributed by atoms with E-state index >= 15 is 0 Å². The Morgan fingerprint density at radius 3 is 1.88 bits per heavy atom. The minimum Gasteiger partial charge on any atom is -0.481 e. The van der Waals surface area contributed by atoms with Gasteiger partial charge in [0.05, 0.1) is 17.0 Å². The van der Waals surface area contributed by atoms with Gasteiger partial charge in [-0.3, -0.25) is 9.59 Å². The van der Waals surface area contributed by atoms with Crippen LogP contribution in [-0.4, -0.2) is 35.0 Å². The van der Waals surface area contributed by atoms with Gasteiger partial charge in [-0.2, -0.15) is 26.3 Å². The molecule has 1 aliphatic rings. The summed E-state index contributed by atoms with van der Waals surface area (Å²) < 4.78 is 76.6. The first-order valence-electron chi connectivity index (χ1n) is 6.71. The van der Waals surface area contributed by atoms with Gasteiger partial charge in [0.2, 0.25) is 0 Å². The van der Waals surface area contributed by atoms with Crippen LogP contribution >= 0.6 is 0 Å². The van der Waals surface area contributed by atoms with E-state index in [1.807, 2.05) is 0 Å². The fraction of sp³-hybridized carbons (Fsp3) is 0.429. The van der Waals surface area contributed by atoms with Crippen molar-refractivity contribution in [3.05, 3.63) is 34.9 Å². The van der Waals surface area contributed by atoms with Crippen molar-refractivity contribution in [3.63, 3.8) is 0 Å². The van der Waals surface area contributed by atoms with Crippen molar-refractivity contribution in [1.29, 1.82) is 0 Å². The van der Waals surface area contributed by atoms with Crippen LogP contribution in [0.5, 0.6) is 0 Å². The van der Waals surface area contributed by atoms with Crippen molar-refractivity contribution in [2.45, 2.75) is 18.8 Å². The van der Waals surface area contributed by atoms with Crippen LogP contribution in [0.4, 0.5) is 26.3 Å². The van der Waals surface area contributed by atoms with Crippen LogP contribution in [0.25, 0.3) is 0 Å². The van der Waals surface area contributed by atoms with Gasteiger partial charge < -0.3 is 10.0 Å². The molecule has 1 saturated heterocycles. The number of nitrogens with zero attached hydrogens (tertiary/aromatic N) is 1. The molecule has 0 radical (unpaired) electrons. The Morgan fingerprint density at radius 2 is 1.50 bits per heavy atom. The number of carbonyl (C=O) groups is 2. The lowest BCUT2D eigenvalue weighted by Gasteiger charge is -2.18. The minimum absolute atomic E-state index is 0.0482. The van der Waals surface area contributed by atoms with Crippen LogP contribution in [0.15, 0.2) is 18.2 Å². The average molecular weight is 355 g/mol. The molecule has 0 saturated carbocycles. The van der Waals surface area contributed by atoms with E-state index < -0.39 is 46.8 Å². The molecule has 1 unspecified atom stereocenters. The number of carboxylic acids is 1. The van der Waals surface area contributed by atoms with Gasteiger partial charge in [-0.05, 0) is 24.6 Å². The number of likely N-dealkylation sites (tertiary alicyclic amines) is 1. The molecule has 10 heteroatoms. The van der Waals surface area contributed by atoms with E-state index in [0.29, 0.717) is 12.1 Å². The van der Waals surface area contributed by atoms with Gasteiger partial charge >= 0.3 is 18.3 Å². The molecular weight excluding hydrogens is 344 g/mol. The molecule has 4 nitrogen and oxygen atoms in total. The third-order valence-electron chi connectivity index (χ3n) is 3.66. The van der Waals surface area contributed by atoms with Crippen molar-refractivity contribution in [2.75, 3.05) is 13.1 Å². The third-order valence-corrected chi connectivity index (χ3v) is 3.66. The summed E-state index contributed by atoms with van der Waals surface area (Å²) in [6, 6.07) is 0.609. The van der Waals surface area contributed by atoms with Gasteiger partial charge in [-0.1, -0.05) is 0 Å². The molecule has 1 aliphatic heterocycles. The molecule has 1 heterocycles. The number of carbonyl (C=O) groups excluding carboxylic acids is 1. The number of hydrogen-bond acceptors (Lipinski definition) is 2. The molecule has 0 spiro atoms. The summed E-state index contributed by atoms with van der Waals surface area (Å²) in [5.41, 5.74) is -3.95. The van der Waals surface area contributed by atoms with Crippen molar-refractivity contribution in [2.24, 2.45) is 5.92 Å². The quantitative estimate of drug-likeness (QED) is 0.829. The second kappa shape index (κ2) is 5.99. The largest absolute Gasteiger partial charge is 0.481 e. The topological polar surface area (TPSA) is 57.6 Å². The molecule has 0 bridgehead atoms. The maximum absolute atomic E-state index is 12.8. The van der Waals surface area contributed by atoms with Crippen LogP contribution in [-0.2, 0) is 17.1 Å². The molecule has 132 valence electrons. The summed E-state index contributed by atoms with van der Waals surface area (Å²) in [6.07, 6.45) is -10.0. The lowest BCUT2D eigenvalue weighted by Crippen LogP contribution is -2.30. The molecule has 1 atom stereocenters. The first-order valence-corrected chi connectivity index (χ1v) is 6.71. The summed E-state index contributed by atoms with van der Waals surface area (Å²) >= 11 is 0. The van der Waals surface area contributed by atoms with Gasteiger partial charge in [0.15, 0.2) is 0 Å². The Kier molecular flexibility index (Phi) is 4.51. The van der Waals surface area contributed by atoms with Crippen molar-refractivity contribution in [3.8, 4) is 0 Å². The maximum Gasteiger partial charge on any atom is 0.416 e. The van der Waals surface area contributed by atoms with Gasteiger partial charge in [-0.25, -0.2) is 0 Å². The van der Waals surface area contributed by atoms with Crippen LogP contribution in [0.2, 0.25) is 0 Å². The molecule has 0 aliphatic carbocycles. The fourth-order valence-corrected chi connectivity index (χ4v) is 2.41. The number of carboxylic acid groups (broad SMARTS) is 1. The highest BCUT2D eigenvalue weighted by molar-refractivity contribution is 5.95. The molecule has 1 amide bonds. The molecule has 24 heavy (non-hydrogen) atoms. The van der Waals surface area contributed by atoms with E-state index in [0.717, 1.165) is 4.90 Å². The predicted molar refractivity (Wildman–Crippen MR) is 68.1 cm³/mol. The third kappa shape index (κ3) is 3.80. The SMILES string of the molecule is O=C(O)C1CCN(C(=O)c2cc(C(F)(F)F)cc(C(F)(F)F)c2)C1. The van der Waals surface area contributed by atoms with E-state index in [9.17, 15) is 35.9 Å². The Morgan fingerprint density at radius 1 is 1.00 bits per heavy atom. The zero-order valence-electron chi connectivity index (χ0n) is 11.9. The number of alkyl halides is 6. The number of amides is 1. The number of hydrogen-bond donors (Lipinski definition) is 1. The second-order valence-corrected chi connectivity index (χ2v) is 5.37. The number of aliphatic carboxylic acids is 1. The summed E-state index contributed by atoms with van der Waals surface area (Å²) in [5, 5.41) is 8.85. The molecule has 2 rings (SSSR count). The van der Waals surface area contributed by atoms with Crippen molar-refractivity contribution < 1.29 is 41.0 Å². The molecular formula is C14H11F6NO3. The number of rotatable bonds is 2. The number of halogens is 6. The highest BCUT2D eigenvalue weighted by Crippen LogP contribution is 2.36. The standard InChI is InChI=1S/C14H11F6NO3/c15-13(16,17)9-3-8(4-10(5-9)14(18,19)20)11(22)21-2-1-7(6-21)12(23)24/h3-5,7H,1-2,6H2,(H,23,24). The summed E-state index contributed by atoms with van der Waals surface area (Å²) in [6.45, 7) is -0.306. The van der Waals surface area contributed by atoms with Gasteiger partial charge in [0.1, 0.15) is 0 Å². The minimum atomic E-state index is -5.05. The Hall–Kier alpha value is -2.26. The van der Waals surface area contributed by atoms with Crippen LogP contribution in [0, 0.1) is 5.92 Å². The average Bonchev–Trinajstić information content (AvgIpc) is 2.94. The molecule has 1 aromatic carbocycles. The molecule has 1 fully saturated rings. The lowest BCUT2D eigenvalue weighted by molar-refractivity contribution is -0.143. The van der Waals surface area contributed by atoms with Crippen molar-refractivity contribution in [1.82, 2.24) is 4.90 Å². The smallest absolute Gasteiger partial charge is 0.416 e. The highest BCUT2D eigenvalue weighted by atomic mass is 19.4. The monoisotopic (exact) mass is 355 g/mol. The van der Waals surface area contributed by atoms with Crippen molar-refractivity contribution >= 4 is 11.9 Å². The van der Waals surface area contributed by atoms with E-state index in [4.69, 9.17) is 5.11 Å². The van der Waals surface area contributed by atoms with E-state index in [1.165, 1.54) is 0 Å². The summed E-state index contributed by atoms with van der Waals surface area (Å²) in [5.74, 6) is -3.12. The molecule has 1 N–H and O–H groups in total. The van der Waals surface area contributed by atoms with Gasteiger partial charge in [0, 0.05) is 18.7 Å². The van der Waals surface area contributed by atoms with Gasteiger partial charge in [-0.15, -0.1) is 0 Å². The molecule has 1 aromatic rings. The van der Waals surface area contributed by atoms with E-state index in [-0.39, 0.29) is 25.6 Å². The zero-order chi connectivity index (χ0) is 18.3. The first kappa shape index (κ1) is 18.1. The van der Waals surface area contributed by atoms with Crippen LogP contribution in [0.3, 0.4) is 0 Å². The van der Waals surface area contributed by atoms with E-state index in [2.05, 4.69) is 0 Å². The van der Waals surface area contributed by atoms with E-state index in [1.54, 1.807) is 0 Å². The summed E-state index contributed by atoms with van der Waals surface area (Å²) in [7, 11) is 0. The fourth-order valence-electron chi connectivity index (χ4n) is 2.41. The van der Waals surface area contributed by atoms with Gasteiger partial charge in [0.25, 0.3) is 5.91 Å². The van der Waals surface area contributed by atoms with Crippen LogP contribution < -0.4 is 0 Å². The zero-order valence-corrected chi connectivity index (χ0v) is 11.9. The number of benzene rings is 1. The Bertz CT molecular complexity index is 635. The lowest BCUT2D eigenvalue weighted by atomic mass is 10.0. The summed E-state index contributed by atoms with van der Waals surface area (Å²) in [4.78, 5) is 24.0. The Balaban J connectivity index is 2.39.